The van der Waals surface area contributed by atoms with Crippen LogP contribution in [-0.4, -0.2) is 32.4 Å². The van der Waals surface area contributed by atoms with Crippen molar-refractivity contribution in [1.82, 2.24) is 4.98 Å². The summed E-state index contributed by atoms with van der Waals surface area (Å²) in [6.45, 7) is 4.93. The zero-order valence-electron chi connectivity index (χ0n) is 19.7. The molecule has 200 valence electrons. The number of hydrogen-bond donors (Lipinski definition) is 2. The van der Waals surface area contributed by atoms with Crippen molar-refractivity contribution in [3.63, 3.8) is 0 Å². The molecule has 14 heteroatoms. The third-order valence-corrected chi connectivity index (χ3v) is 6.52. The van der Waals surface area contributed by atoms with Crippen LogP contribution in [0.1, 0.15) is 21.5 Å². The summed E-state index contributed by atoms with van der Waals surface area (Å²) in [5.41, 5.74) is -1.000. The summed E-state index contributed by atoms with van der Waals surface area (Å²) >= 11 is 5.60. The molecule has 2 aromatic carbocycles. The van der Waals surface area contributed by atoms with Gasteiger partial charge in [-0.1, -0.05) is 18.2 Å². The lowest BCUT2D eigenvalue weighted by molar-refractivity contribution is -0.137. The maximum absolute atomic E-state index is 13.3. The number of halogens is 4. The number of hydrogen-bond acceptors (Lipinski definition) is 7. The molecule has 38 heavy (non-hydrogen) atoms. The Balaban J connectivity index is 2.02. The van der Waals surface area contributed by atoms with E-state index in [0.717, 1.165) is 25.3 Å². The van der Waals surface area contributed by atoms with E-state index in [1.54, 1.807) is 6.92 Å². The first-order valence-electron chi connectivity index (χ1n) is 10.4. The third kappa shape index (κ3) is 6.61. The van der Waals surface area contributed by atoms with Crippen LogP contribution in [0, 0.1) is 6.92 Å². The number of ether oxygens (including phenoxy) is 2. The minimum absolute atomic E-state index is 0.115. The Morgan fingerprint density at radius 3 is 2.47 bits per heavy atom. The van der Waals surface area contributed by atoms with Crippen molar-refractivity contribution >= 4 is 44.9 Å². The average Bonchev–Trinajstić information content (AvgIpc) is 2.85. The molecule has 3 rings (SSSR count). The third-order valence-electron chi connectivity index (χ3n) is 4.83. The first kappa shape index (κ1) is 28.5. The highest BCUT2D eigenvalue weighted by Crippen LogP contribution is 2.37. The van der Waals surface area contributed by atoms with Crippen LogP contribution in [0.2, 0.25) is 5.02 Å². The highest BCUT2D eigenvalue weighted by Gasteiger charge is 2.34. The van der Waals surface area contributed by atoms with Crippen LogP contribution in [0.3, 0.4) is 0 Å². The zero-order chi connectivity index (χ0) is 28.3. The van der Waals surface area contributed by atoms with Gasteiger partial charge in [-0.3, -0.25) is 9.52 Å². The van der Waals surface area contributed by atoms with Crippen LogP contribution >= 0.6 is 11.6 Å². The number of pyridine rings is 1. The van der Waals surface area contributed by atoms with E-state index in [1.165, 1.54) is 30.5 Å². The second-order valence-corrected chi connectivity index (χ2v) is 9.70. The van der Waals surface area contributed by atoms with Crippen molar-refractivity contribution in [2.24, 2.45) is 0 Å². The molecule has 0 aliphatic carbocycles. The van der Waals surface area contributed by atoms with E-state index in [2.05, 4.69) is 21.6 Å². The van der Waals surface area contributed by atoms with Crippen LogP contribution in [0.25, 0.3) is 0 Å². The summed E-state index contributed by atoms with van der Waals surface area (Å²) in [6, 6.07) is 7.42. The van der Waals surface area contributed by atoms with Crippen LogP contribution in [0.15, 0.2) is 66.2 Å². The number of rotatable bonds is 8. The van der Waals surface area contributed by atoms with E-state index in [1.807, 2.05) is 0 Å². The summed E-state index contributed by atoms with van der Waals surface area (Å²) in [7, 11) is -3.46. The zero-order valence-corrected chi connectivity index (χ0v) is 21.3. The molecule has 0 saturated heterocycles. The van der Waals surface area contributed by atoms with E-state index in [9.17, 15) is 31.2 Å². The molecule has 0 bridgehead atoms. The van der Waals surface area contributed by atoms with E-state index in [4.69, 9.17) is 21.1 Å². The normalized spacial score (nSPS) is 11.4. The van der Waals surface area contributed by atoms with Gasteiger partial charge in [0.2, 0.25) is 11.8 Å². The first-order valence-corrected chi connectivity index (χ1v) is 12.3. The molecule has 0 aliphatic rings. The van der Waals surface area contributed by atoms with Gasteiger partial charge in [0.05, 0.1) is 22.6 Å². The summed E-state index contributed by atoms with van der Waals surface area (Å²) in [5, 5.41) is 1.81. The maximum Gasteiger partial charge on any atom is 0.417 e. The second-order valence-electron chi connectivity index (χ2n) is 7.61. The van der Waals surface area contributed by atoms with Gasteiger partial charge in [-0.2, -0.15) is 13.2 Å². The van der Waals surface area contributed by atoms with Crippen molar-refractivity contribution in [3.05, 3.63) is 83.0 Å². The summed E-state index contributed by atoms with van der Waals surface area (Å²) in [4.78, 5) is 27.3. The number of aryl methyl sites for hydroxylation is 1. The molecule has 0 saturated carbocycles. The fourth-order valence-corrected chi connectivity index (χ4v) is 4.37. The molecule has 3 aromatic rings. The lowest BCUT2D eigenvalue weighted by atomic mass is 10.1. The van der Waals surface area contributed by atoms with Gasteiger partial charge in [0.25, 0.3) is 10.0 Å². The lowest BCUT2D eigenvalue weighted by Gasteiger charge is -2.16. The maximum atomic E-state index is 13.3. The average molecular weight is 570 g/mol. The number of sulfonamides is 1. The Bertz CT molecular complexity index is 1530. The Morgan fingerprint density at radius 2 is 1.84 bits per heavy atom. The quantitative estimate of drug-likeness (QED) is 0.269. The standard InChI is InChI=1S/C24H19ClF3N3O6S/c1-4-21(32)30-14-5-8-20(16(10-14)23(33)36-3)37-22-19(9-13(2)12-29-22)31-38(34,35)15-6-7-18(25)17(11-15)24(26,27)28/h4-12,31H,1H2,2-3H3,(H,30,32). The monoisotopic (exact) mass is 569 g/mol. The van der Waals surface area contributed by atoms with Gasteiger partial charge in [0, 0.05) is 11.9 Å². The van der Waals surface area contributed by atoms with Gasteiger partial charge in [0.15, 0.2) is 0 Å². The largest absolute Gasteiger partial charge is 0.465 e. The van der Waals surface area contributed by atoms with Crippen LogP contribution in [-0.2, 0) is 25.7 Å². The molecular formula is C24H19ClF3N3O6S. The second kappa shape index (κ2) is 11.1. The van der Waals surface area contributed by atoms with Gasteiger partial charge < -0.3 is 14.8 Å². The molecule has 0 atom stereocenters. The number of carbonyl (C=O) groups is 2. The fraction of sp³-hybridized carbons (Fsp3) is 0.125. The highest BCUT2D eigenvalue weighted by atomic mass is 35.5. The molecule has 0 unspecified atom stereocenters. The Labute approximate surface area is 220 Å². The predicted molar refractivity (Wildman–Crippen MR) is 133 cm³/mol. The van der Waals surface area contributed by atoms with E-state index >= 15 is 0 Å². The Kier molecular flexibility index (Phi) is 8.32. The smallest absolute Gasteiger partial charge is 0.417 e. The number of benzene rings is 2. The Hall–Kier alpha value is -4.10. The molecule has 1 aromatic heterocycles. The number of nitrogens with one attached hydrogen (secondary N) is 2. The van der Waals surface area contributed by atoms with Crippen LogP contribution in [0.4, 0.5) is 24.5 Å². The SMILES string of the molecule is C=CC(=O)Nc1ccc(Oc2ncc(C)cc2NS(=O)(=O)c2ccc(Cl)c(C(F)(F)F)c2)c(C(=O)OC)c1. The molecular weight excluding hydrogens is 551 g/mol. The molecule has 1 amide bonds. The van der Waals surface area contributed by atoms with Gasteiger partial charge >= 0.3 is 12.1 Å². The molecule has 0 spiro atoms. The number of alkyl halides is 3. The van der Waals surface area contributed by atoms with Crippen LogP contribution in [0.5, 0.6) is 11.6 Å². The number of aromatic nitrogens is 1. The number of esters is 1. The molecule has 2 N–H and O–H groups in total. The molecule has 0 fully saturated rings. The van der Waals surface area contributed by atoms with Crippen molar-refractivity contribution in [3.8, 4) is 11.6 Å². The van der Waals surface area contributed by atoms with E-state index in [-0.39, 0.29) is 28.6 Å². The van der Waals surface area contributed by atoms with Gasteiger partial charge in [-0.25, -0.2) is 18.2 Å². The van der Waals surface area contributed by atoms with Crippen molar-refractivity contribution in [2.45, 2.75) is 18.0 Å². The van der Waals surface area contributed by atoms with Crippen molar-refractivity contribution in [1.29, 1.82) is 0 Å². The van der Waals surface area contributed by atoms with Crippen molar-refractivity contribution < 1.29 is 40.7 Å². The number of amides is 1. The van der Waals surface area contributed by atoms with Crippen LogP contribution < -0.4 is 14.8 Å². The highest BCUT2D eigenvalue weighted by molar-refractivity contribution is 7.92. The number of carbonyl (C=O) groups excluding carboxylic acids is 2. The molecule has 1 heterocycles. The number of anilines is 2. The summed E-state index contributed by atoms with van der Waals surface area (Å²) < 4.78 is 78.4. The summed E-state index contributed by atoms with van der Waals surface area (Å²) in [5.74, 6) is -1.82. The van der Waals surface area contributed by atoms with Gasteiger partial charge in [-0.05, 0) is 61.0 Å². The number of methoxy groups -OCH3 is 1. The van der Waals surface area contributed by atoms with Crippen molar-refractivity contribution in [2.75, 3.05) is 17.1 Å². The lowest BCUT2D eigenvalue weighted by Crippen LogP contribution is -2.16. The minimum atomic E-state index is -4.89. The number of nitrogens with zero attached hydrogens (tertiary/aromatic N) is 1. The fourth-order valence-electron chi connectivity index (χ4n) is 3.07. The first-order chi connectivity index (χ1) is 17.7. The molecule has 9 nitrogen and oxygen atoms in total. The van der Waals surface area contributed by atoms with Gasteiger partial charge in [0.1, 0.15) is 17.0 Å². The van der Waals surface area contributed by atoms with E-state index in [0.29, 0.717) is 11.6 Å². The molecule has 0 radical (unpaired) electrons. The Morgan fingerprint density at radius 1 is 1.13 bits per heavy atom. The minimum Gasteiger partial charge on any atom is -0.465 e. The predicted octanol–water partition coefficient (Wildman–Crippen LogP) is 5.57. The van der Waals surface area contributed by atoms with Gasteiger partial charge in [-0.15, -0.1) is 0 Å². The summed E-state index contributed by atoms with van der Waals surface area (Å²) in [6.07, 6.45) is -2.52. The topological polar surface area (TPSA) is 124 Å². The molecule has 0 aliphatic heterocycles. The van der Waals surface area contributed by atoms with E-state index < -0.39 is 43.6 Å².